The fourth-order valence-corrected chi connectivity index (χ4v) is 3.94. The first-order valence-electron chi connectivity index (χ1n) is 11.2. The van der Waals surface area contributed by atoms with Crippen LogP contribution in [0.1, 0.15) is 30.4 Å². The van der Waals surface area contributed by atoms with E-state index < -0.39 is 12.5 Å². The van der Waals surface area contributed by atoms with Crippen molar-refractivity contribution in [1.29, 1.82) is 0 Å². The fraction of sp³-hybridized carbons (Fsp3) is 0.400. The number of amides is 1. The third-order valence-corrected chi connectivity index (χ3v) is 5.63. The summed E-state index contributed by atoms with van der Waals surface area (Å²) in [6.07, 6.45) is -1.99. The molecular weight excluding hydrogens is 447 g/mol. The number of halogens is 3. The number of carbonyl (C=O) groups excluding carboxylic acids is 1. The van der Waals surface area contributed by atoms with Crippen molar-refractivity contribution >= 4 is 17.3 Å². The lowest BCUT2D eigenvalue weighted by atomic mass is 10.1. The van der Waals surface area contributed by atoms with E-state index in [9.17, 15) is 18.0 Å². The minimum Gasteiger partial charge on any atom is -0.477 e. The van der Waals surface area contributed by atoms with Gasteiger partial charge in [0.25, 0.3) is 5.91 Å². The first-order chi connectivity index (χ1) is 16.3. The highest BCUT2D eigenvalue weighted by atomic mass is 19.4. The van der Waals surface area contributed by atoms with Crippen LogP contribution in [0.15, 0.2) is 36.4 Å². The quantitative estimate of drug-likeness (QED) is 0.639. The smallest absolute Gasteiger partial charge is 0.477 e. The van der Waals surface area contributed by atoms with Crippen molar-refractivity contribution in [2.45, 2.75) is 38.7 Å². The summed E-state index contributed by atoms with van der Waals surface area (Å²) in [5.74, 6) is 5.93. The van der Waals surface area contributed by atoms with Gasteiger partial charge in [-0.1, -0.05) is 24.3 Å². The van der Waals surface area contributed by atoms with E-state index in [0.717, 1.165) is 30.3 Å². The lowest BCUT2D eigenvalue weighted by Gasteiger charge is -2.27. The number of ether oxygens (including phenoxy) is 2. The second-order valence-corrected chi connectivity index (χ2v) is 8.37. The summed E-state index contributed by atoms with van der Waals surface area (Å²) in [4.78, 5) is 15.2. The van der Waals surface area contributed by atoms with E-state index in [0.29, 0.717) is 17.9 Å². The van der Waals surface area contributed by atoms with Crippen LogP contribution in [-0.2, 0) is 4.79 Å². The van der Waals surface area contributed by atoms with Crippen LogP contribution in [0.2, 0.25) is 0 Å². The van der Waals surface area contributed by atoms with Gasteiger partial charge in [0.2, 0.25) is 0 Å². The Hall–Kier alpha value is -3.38. The Morgan fingerprint density at radius 1 is 1.21 bits per heavy atom. The predicted octanol–water partition coefficient (Wildman–Crippen LogP) is 4.54. The minimum absolute atomic E-state index is 0.0934. The average molecular weight is 473 g/mol. The van der Waals surface area contributed by atoms with Gasteiger partial charge in [-0.2, -0.15) is 0 Å². The minimum atomic E-state index is -4.78. The molecule has 9 heteroatoms. The molecule has 4 rings (SSSR count). The first kappa shape index (κ1) is 23.8. The SMILES string of the molecule is Cc1ccc(NC(=O)C2CNc3cc(OC(F)(F)F)ccc3O2)c(C#CCN2CCCCC2)c1. The Balaban J connectivity index is 1.41. The van der Waals surface area contributed by atoms with Crippen LogP contribution in [0, 0.1) is 18.8 Å². The van der Waals surface area contributed by atoms with E-state index >= 15 is 0 Å². The average Bonchev–Trinajstić information content (AvgIpc) is 2.80. The number of carbonyl (C=O) groups is 1. The highest BCUT2D eigenvalue weighted by Crippen LogP contribution is 2.35. The van der Waals surface area contributed by atoms with Crippen LogP contribution < -0.4 is 20.1 Å². The topological polar surface area (TPSA) is 62.8 Å². The number of hydrogen-bond acceptors (Lipinski definition) is 5. The van der Waals surface area contributed by atoms with Crippen LogP contribution >= 0.6 is 0 Å². The van der Waals surface area contributed by atoms with Gasteiger partial charge in [-0.15, -0.1) is 13.2 Å². The van der Waals surface area contributed by atoms with Crippen LogP contribution in [0.4, 0.5) is 24.5 Å². The summed E-state index contributed by atoms with van der Waals surface area (Å²) in [6, 6.07) is 9.30. The van der Waals surface area contributed by atoms with Crippen molar-refractivity contribution in [2.75, 3.05) is 36.8 Å². The Bertz CT molecular complexity index is 1100. The monoisotopic (exact) mass is 473 g/mol. The molecule has 0 radical (unpaired) electrons. The number of likely N-dealkylation sites (tertiary alicyclic amines) is 1. The maximum absolute atomic E-state index is 12.9. The molecule has 1 saturated heterocycles. The first-order valence-corrected chi connectivity index (χ1v) is 11.2. The molecule has 1 unspecified atom stereocenters. The van der Waals surface area contributed by atoms with E-state index in [1.807, 2.05) is 25.1 Å². The van der Waals surface area contributed by atoms with Gasteiger partial charge in [0.05, 0.1) is 24.5 Å². The number of benzene rings is 2. The molecule has 0 spiro atoms. The number of hydrogen-bond donors (Lipinski definition) is 2. The lowest BCUT2D eigenvalue weighted by Crippen LogP contribution is -2.41. The molecule has 2 aliphatic heterocycles. The van der Waals surface area contributed by atoms with Gasteiger partial charge in [-0.3, -0.25) is 9.69 Å². The zero-order chi connectivity index (χ0) is 24.1. The van der Waals surface area contributed by atoms with Crippen molar-refractivity contribution in [3.05, 3.63) is 47.5 Å². The number of anilines is 2. The molecule has 2 aromatic rings. The highest BCUT2D eigenvalue weighted by molar-refractivity contribution is 5.96. The predicted molar refractivity (Wildman–Crippen MR) is 123 cm³/mol. The molecule has 1 fully saturated rings. The molecular formula is C25H26F3N3O3. The van der Waals surface area contributed by atoms with Crippen molar-refractivity contribution in [1.82, 2.24) is 4.90 Å². The van der Waals surface area contributed by atoms with E-state index in [4.69, 9.17) is 4.74 Å². The van der Waals surface area contributed by atoms with Crippen LogP contribution in [0.25, 0.3) is 0 Å². The molecule has 2 aromatic carbocycles. The van der Waals surface area contributed by atoms with Crippen molar-refractivity contribution in [3.8, 4) is 23.3 Å². The Morgan fingerprint density at radius 2 is 2.00 bits per heavy atom. The molecule has 1 atom stereocenters. The number of nitrogens with zero attached hydrogens (tertiary/aromatic N) is 1. The van der Waals surface area contributed by atoms with E-state index in [-0.39, 0.29) is 24.0 Å². The summed E-state index contributed by atoms with van der Waals surface area (Å²) < 4.78 is 47.0. The van der Waals surface area contributed by atoms with Gasteiger partial charge in [-0.25, -0.2) is 0 Å². The summed E-state index contributed by atoms with van der Waals surface area (Å²) in [5, 5.41) is 5.81. The third-order valence-electron chi connectivity index (χ3n) is 5.63. The van der Waals surface area contributed by atoms with Gasteiger partial charge < -0.3 is 20.1 Å². The van der Waals surface area contributed by atoms with Crippen molar-refractivity contribution in [2.24, 2.45) is 0 Å². The van der Waals surface area contributed by atoms with Gasteiger partial charge in [0.15, 0.2) is 6.10 Å². The molecule has 0 aliphatic carbocycles. The Labute approximate surface area is 196 Å². The number of nitrogens with one attached hydrogen (secondary N) is 2. The van der Waals surface area contributed by atoms with E-state index in [1.54, 1.807) is 0 Å². The number of fused-ring (bicyclic) bond motifs is 1. The second kappa shape index (κ2) is 10.3. The molecule has 0 bridgehead atoms. The summed E-state index contributed by atoms with van der Waals surface area (Å²) in [6.45, 7) is 4.86. The molecule has 1 amide bonds. The van der Waals surface area contributed by atoms with E-state index in [2.05, 4.69) is 32.1 Å². The molecule has 0 aromatic heterocycles. The number of rotatable bonds is 4. The fourth-order valence-electron chi connectivity index (χ4n) is 3.94. The highest BCUT2D eigenvalue weighted by Gasteiger charge is 2.32. The molecule has 180 valence electrons. The molecule has 2 aliphatic rings. The molecule has 34 heavy (non-hydrogen) atoms. The third kappa shape index (κ3) is 6.35. The standard InChI is InChI=1S/C25H26F3N3O3/c1-17-7-9-20(18(14-17)6-5-13-31-11-3-2-4-12-31)30-24(32)23-16-29-21-15-19(34-25(26,27)28)8-10-22(21)33-23/h7-10,14-15,23,29H,2-4,11-13,16H2,1H3,(H,30,32). The van der Waals surface area contributed by atoms with Gasteiger partial charge in [0, 0.05) is 11.6 Å². The van der Waals surface area contributed by atoms with Crippen LogP contribution in [-0.4, -0.2) is 49.5 Å². The van der Waals surface area contributed by atoms with Crippen molar-refractivity contribution < 1.29 is 27.4 Å². The maximum Gasteiger partial charge on any atom is 0.573 e. The van der Waals surface area contributed by atoms with E-state index in [1.165, 1.54) is 31.4 Å². The number of aryl methyl sites for hydroxylation is 1. The molecule has 2 N–H and O–H groups in total. The van der Waals surface area contributed by atoms with Crippen LogP contribution in [0.3, 0.4) is 0 Å². The van der Waals surface area contributed by atoms with Gasteiger partial charge >= 0.3 is 6.36 Å². The maximum atomic E-state index is 12.9. The summed E-state index contributed by atoms with van der Waals surface area (Å²) >= 11 is 0. The summed E-state index contributed by atoms with van der Waals surface area (Å²) in [7, 11) is 0. The van der Waals surface area contributed by atoms with Gasteiger partial charge in [0.1, 0.15) is 11.5 Å². The van der Waals surface area contributed by atoms with Crippen LogP contribution in [0.5, 0.6) is 11.5 Å². The van der Waals surface area contributed by atoms with Gasteiger partial charge in [-0.05, 0) is 62.7 Å². The molecule has 6 nitrogen and oxygen atoms in total. The lowest BCUT2D eigenvalue weighted by molar-refractivity contribution is -0.274. The normalized spacial score (nSPS) is 17.9. The molecule has 2 heterocycles. The van der Waals surface area contributed by atoms with Crippen molar-refractivity contribution in [3.63, 3.8) is 0 Å². The Kier molecular flexibility index (Phi) is 7.17. The number of alkyl halides is 3. The zero-order valence-corrected chi connectivity index (χ0v) is 18.8. The largest absolute Gasteiger partial charge is 0.573 e. The second-order valence-electron chi connectivity index (χ2n) is 8.37. The zero-order valence-electron chi connectivity index (χ0n) is 18.8. The molecule has 0 saturated carbocycles. The Morgan fingerprint density at radius 3 is 2.76 bits per heavy atom. The number of piperidine rings is 1. The summed E-state index contributed by atoms with van der Waals surface area (Å²) in [5.41, 5.74) is 2.67.